The third kappa shape index (κ3) is 3.77. The van der Waals surface area contributed by atoms with Crippen LogP contribution in [-0.4, -0.2) is 52.5 Å². The summed E-state index contributed by atoms with van der Waals surface area (Å²) in [6.07, 6.45) is 3.96. The molecule has 3 aliphatic heterocycles. The van der Waals surface area contributed by atoms with Crippen molar-refractivity contribution in [2.75, 3.05) is 6.54 Å². The Kier molecular flexibility index (Phi) is 5.96. The van der Waals surface area contributed by atoms with Crippen LogP contribution in [0.25, 0.3) is 0 Å². The summed E-state index contributed by atoms with van der Waals surface area (Å²) in [5.41, 5.74) is -1.51. The first kappa shape index (κ1) is 23.0. The number of fused-ring (bicyclic) bond motifs is 1. The lowest BCUT2D eigenvalue weighted by Gasteiger charge is -2.35. The zero-order valence-corrected chi connectivity index (χ0v) is 20.2. The summed E-state index contributed by atoms with van der Waals surface area (Å²) < 4.78 is 6.33. The first-order valence-corrected chi connectivity index (χ1v) is 12.3. The van der Waals surface area contributed by atoms with E-state index < -0.39 is 35.1 Å². The fraction of sp³-hybridized carbons (Fsp3) is 0.625. The minimum atomic E-state index is -1.10. The third-order valence-corrected chi connectivity index (χ3v) is 7.73. The standard InChI is InChI=1S/C24H33N3O4S/c1-6-23(4,5)26-21(29)19-24-10-9-16(31-24)17(18(24)22(30)27(19)13-14(2)3)20(28)25-12-15-8-7-11-32-15/h7-11,14,16-19H,6,12-13H2,1-5H3,(H,25,28)(H,26,29)/t16-,17+,18-,19+,24+/m1/s1. The number of rotatable bonds is 8. The van der Waals surface area contributed by atoms with Crippen molar-refractivity contribution in [2.45, 2.75) is 70.9 Å². The van der Waals surface area contributed by atoms with Gasteiger partial charge in [-0.2, -0.15) is 0 Å². The van der Waals surface area contributed by atoms with Crippen LogP contribution in [0.15, 0.2) is 29.7 Å². The summed E-state index contributed by atoms with van der Waals surface area (Å²) in [6, 6.07) is 3.12. The van der Waals surface area contributed by atoms with Gasteiger partial charge >= 0.3 is 0 Å². The van der Waals surface area contributed by atoms with Gasteiger partial charge in [-0.1, -0.05) is 39.0 Å². The summed E-state index contributed by atoms with van der Waals surface area (Å²) in [7, 11) is 0. The van der Waals surface area contributed by atoms with E-state index in [-0.39, 0.29) is 23.6 Å². The van der Waals surface area contributed by atoms with Crippen LogP contribution in [-0.2, 0) is 25.7 Å². The Labute approximate surface area is 193 Å². The Morgan fingerprint density at radius 1 is 1.31 bits per heavy atom. The van der Waals surface area contributed by atoms with E-state index in [1.165, 1.54) is 0 Å². The molecule has 2 bridgehead atoms. The fourth-order valence-corrected chi connectivity index (χ4v) is 5.70. The molecule has 1 spiro atoms. The molecule has 0 radical (unpaired) electrons. The molecule has 4 rings (SSSR count). The van der Waals surface area contributed by atoms with E-state index in [1.54, 1.807) is 16.2 Å². The first-order valence-electron chi connectivity index (χ1n) is 11.4. The van der Waals surface area contributed by atoms with Gasteiger partial charge in [0.1, 0.15) is 11.6 Å². The number of ether oxygens (including phenoxy) is 1. The van der Waals surface area contributed by atoms with Crippen molar-refractivity contribution in [1.82, 2.24) is 15.5 Å². The number of carbonyl (C=O) groups is 3. The second-order valence-corrected chi connectivity index (χ2v) is 11.1. The van der Waals surface area contributed by atoms with Crippen molar-refractivity contribution in [3.8, 4) is 0 Å². The molecular weight excluding hydrogens is 426 g/mol. The quantitative estimate of drug-likeness (QED) is 0.585. The first-order chi connectivity index (χ1) is 15.1. The Morgan fingerprint density at radius 2 is 2.06 bits per heavy atom. The number of nitrogens with one attached hydrogen (secondary N) is 2. The average molecular weight is 460 g/mol. The van der Waals surface area contributed by atoms with Crippen molar-refractivity contribution in [1.29, 1.82) is 0 Å². The number of hydrogen-bond acceptors (Lipinski definition) is 5. The van der Waals surface area contributed by atoms with E-state index in [0.29, 0.717) is 13.1 Å². The molecule has 8 heteroatoms. The van der Waals surface area contributed by atoms with Crippen LogP contribution in [0.1, 0.15) is 45.9 Å². The molecule has 0 unspecified atom stereocenters. The van der Waals surface area contributed by atoms with E-state index in [1.807, 2.05) is 64.3 Å². The molecule has 0 saturated carbocycles. The highest BCUT2D eigenvalue weighted by molar-refractivity contribution is 7.09. The van der Waals surface area contributed by atoms with E-state index in [9.17, 15) is 14.4 Å². The summed E-state index contributed by atoms with van der Waals surface area (Å²) in [5, 5.41) is 8.04. The van der Waals surface area contributed by atoms with Crippen molar-refractivity contribution in [2.24, 2.45) is 17.8 Å². The molecule has 4 heterocycles. The highest BCUT2D eigenvalue weighted by atomic mass is 32.1. The summed E-state index contributed by atoms with van der Waals surface area (Å²) >= 11 is 1.57. The van der Waals surface area contributed by atoms with Crippen molar-refractivity contribution in [3.63, 3.8) is 0 Å². The maximum absolute atomic E-state index is 13.7. The molecule has 3 amide bonds. The van der Waals surface area contributed by atoms with Gasteiger partial charge in [0, 0.05) is 17.0 Å². The van der Waals surface area contributed by atoms with Gasteiger partial charge in [-0.3, -0.25) is 14.4 Å². The third-order valence-electron chi connectivity index (χ3n) is 6.85. The van der Waals surface area contributed by atoms with Crippen LogP contribution in [0.2, 0.25) is 0 Å². The molecule has 3 aliphatic rings. The summed E-state index contributed by atoms with van der Waals surface area (Å²) in [5.74, 6) is -1.75. The number of hydrogen-bond donors (Lipinski definition) is 2. The lowest BCUT2D eigenvalue weighted by Crippen LogP contribution is -2.58. The minimum Gasteiger partial charge on any atom is -0.359 e. The number of amides is 3. The van der Waals surface area contributed by atoms with Crippen molar-refractivity contribution >= 4 is 29.1 Å². The van der Waals surface area contributed by atoms with Crippen LogP contribution in [0.5, 0.6) is 0 Å². The highest BCUT2D eigenvalue weighted by Gasteiger charge is 2.72. The van der Waals surface area contributed by atoms with Crippen LogP contribution in [0.4, 0.5) is 0 Å². The SMILES string of the molecule is CCC(C)(C)NC(=O)[C@@H]1N(CC(C)C)C(=O)[C@H]2[C@@H](C(=O)NCc3cccs3)[C@H]3C=C[C@@]12O3. The average Bonchev–Trinajstić information content (AvgIpc) is 3.48. The Balaban J connectivity index is 1.63. The van der Waals surface area contributed by atoms with Gasteiger partial charge in [0.25, 0.3) is 0 Å². The normalized spacial score (nSPS) is 30.8. The Hall–Kier alpha value is -2.19. The van der Waals surface area contributed by atoms with Gasteiger partial charge in [0.2, 0.25) is 17.7 Å². The van der Waals surface area contributed by atoms with E-state index >= 15 is 0 Å². The maximum atomic E-state index is 13.7. The van der Waals surface area contributed by atoms with Crippen LogP contribution in [0.3, 0.4) is 0 Å². The topological polar surface area (TPSA) is 87.7 Å². The predicted octanol–water partition coefficient (Wildman–Crippen LogP) is 2.48. The fourth-order valence-electron chi connectivity index (χ4n) is 5.05. The number of thiophene rings is 1. The monoisotopic (exact) mass is 459 g/mol. The summed E-state index contributed by atoms with van der Waals surface area (Å²) in [4.78, 5) is 43.1. The molecule has 0 aliphatic carbocycles. The molecule has 2 N–H and O–H groups in total. The molecule has 1 aromatic heterocycles. The zero-order valence-electron chi connectivity index (χ0n) is 19.4. The molecule has 174 valence electrons. The second kappa shape index (κ2) is 8.30. The molecule has 32 heavy (non-hydrogen) atoms. The lowest BCUT2D eigenvalue weighted by atomic mass is 9.74. The highest BCUT2D eigenvalue weighted by Crippen LogP contribution is 2.55. The Bertz CT molecular complexity index is 926. The van der Waals surface area contributed by atoms with Gasteiger partial charge in [-0.25, -0.2) is 0 Å². The lowest BCUT2D eigenvalue weighted by molar-refractivity contribution is -0.142. The van der Waals surface area contributed by atoms with Crippen molar-refractivity contribution < 1.29 is 19.1 Å². The molecular formula is C24H33N3O4S. The number of carbonyl (C=O) groups excluding carboxylic acids is 3. The van der Waals surface area contributed by atoms with Gasteiger partial charge in [-0.05, 0) is 37.6 Å². The van der Waals surface area contributed by atoms with Crippen LogP contribution in [0, 0.1) is 17.8 Å². The predicted molar refractivity (Wildman–Crippen MR) is 123 cm³/mol. The molecule has 7 nitrogen and oxygen atoms in total. The maximum Gasteiger partial charge on any atom is 0.246 e. The molecule has 2 saturated heterocycles. The van der Waals surface area contributed by atoms with E-state index in [0.717, 1.165) is 11.3 Å². The van der Waals surface area contributed by atoms with Gasteiger partial charge in [-0.15, -0.1) is 11.3 Å². The van der Waals surface area contributed by atoms with E-state index in [2.05, 4.69) is 10.6 Å². The molecule has 0 aromatic carbocycles. The number of nitrogens with zero attached hydrogens (tertiary/aromatic N) is 1. The zero-order chi connectivity index (χ0) is 23.3. The largest absolute Gasteiger partial charge is 0.359 e. The van der Waals surface area contributed by atoms with Gasteiger partial charge < -0.3 is 20.3 Å². The van der Waals surface area contributed by atoms with Crippen molar-refractivity contribution in [3.05, 3.63) is 34.5 Å². The Morgan fingerprint density at radius 3 is 2.69 bits per heavy atom. The molecule has 2 fully saturated rings. The van der Waals surface area contributed by atoms with Gasteiger partial charge in [0.05, 0.1) is 24.5 Å². The number of likely N-dealkylation sites (tertiary alicyclic amines) is 1. The minimum absolute atomic E-state index is 0.170. The van der Waals surface area contributed by atoms with E-state index in [4.69, 9.17) is 4.74 Å². The summed E-state index contributed by atoms with van der Waals surface area (Å²) in [6.45, 7) is 10.8. The molecule has 5 atom stereocenters. The van der Waals surface area contributed by atoms with Crippen LogP contribution >= 0.6 is 11.3 Å². The van der Waals surface area contributed by atoms with Crippen LogP contribution < -0.4 is 10.6 Å². The smallest absolute Gasteiger partial charge is 0.246 e. The van der Waals surface area contributed by atoms with Gasteiger partial charge in [0.15, 0.2) is 0 Å². The second-order valence-electron chi connectivity index (χ2n) is 10.1. The molecule has 1 aromatic rings.